The first-order chi connectivity index (χ1) is 10.0. The van der Waals surface area contributed by atoms with E-state index in [-0.39, 0.29) is 6.10 Å². The van der Waals surface area contributed by atoms with Gasteiger partial charge in [0, 0.05) is 17.8 Å². The maximum Gasteiger partial charge on any atom is 0.226 e. The van der Waals surface area contributed by atoms with Crippen LogP contribution in [0, 0.1) is 24.7 Å². The van der Waals surface area contributed by atoms with Crippen LogP contribution in [0.3, 0.4) is 0 Å². The van der Waals surface area contributed by atoms with Crippen LogP contribution in [0.1, 0.15) is 52.1 Å². The molecular formula is C17H27N3O. The van der Waals surface area contributed by atoms with Gasteiger partial charge in [-0.15, -0.1) is 0 Å². The summed E-state index contributed by atoms with van der Waals surface area (Å²) in [7, 11) is 0. The Morgan fingerprint density at radius 2 is 2.00 bits per heavy atom. The molecule has 2 fully saturated rings. The molecule has 0 saturated heterocycles. The molecule has 0 amide bonds. The first-order valence-electron chi connectivity index (χ1n) is 8.30. The van der Waals surface area contributed by atoms with Gasteiger partial charge < -0.3 is 10.1 Å². The van der Waals surface area contributed by atoms with Crippen LogP contribution in [0.5, 0.6) is 5.88 Å². The summed E-state index contributed by atoms with van der Waals surface area (Å²) in [4.78, 5) is 9.02. The Hall–Kier alpha value is -1.32. The molecule has 2 saturated carbocycles. The fraction of sp³-hybridized carbons (Fsp3) is 0.765. The van der Waals surface area contributed by atoms with Crippen molar-refractivity contribution in [1.29, 1.82) is 0 Å². The van der Waals surface area contributed by atoms with E-state index in [1.54, 1.807) is 0 Å². The summed E-state index contributed by atoms with van der Waals surface area (Å²) in [5.41, 5.74) is 0.947. The SMILES string of the molecule is Cc1cc(OC(C)C)nc(NC(C)C2CC3CCC2C3)n1. The predicted molar refractivity (Wildman–Crippen MR) is 84.6 cm³/mol. The molecule has 4 unspecified atom stereocenters. The molecule has 0 aromatic carbocycles. The van der Waals surface area contributed by atoms with Gasteiger partial charge in [0.15, 0.2) is 0 Å². The van der Waals surface area contributed by atoms with Crippen LogP contribution in [0.4, 0.5) is 5.95 Å². The van der Waals surface area contributed by atoms with Gasteiger partial charge in [-0.05, 0) is 64.7 Å². The lowest BCUT2D eigenvalue weighted by atomic mass is 9.84. The van der Waals surface area contributed by atoms with Gasteiger partial charge in [0.1, 0.15) is 0 Å². The van der Waals surface area contributed by atoms with E-state index < -0.39 is 0 Å². The summed E-state index contributed by atoms with van der Waals surface area (Å²) in [5.74, 6) is 4.04. The van der Waals surface area contributed by atoms with Gasteiger partial charge >= 0.3 is 0 Å². The van der Waals surface area contributed by atoms with Crippen molar-refractivity contribution in [2.45, 2.75) is 65.5 Å². The van der Waals surface area contributed by atoms with E-state index in [1.165, 1.54) is 25.7 Å². The zero-order valence-corrected chi connectivity index (χ0v) is 13.6. The zero-order chi connectivity index (χ0) is 15.0. The summed E-state index contributed by atoms with van der Waals surface area (Å²) in [6, 6.07) is 2.34. The number of aromatic nitrogens is 2. The van der Waals surface area contributed by atoms with E-state index in [0.29, 0.717) is 17.9 Å². The fourth-order valence-corrected chi connectivity index (χ4v) is 4.12. The Morgan fingerprint density at radius 3 is 2.62 bits per heavy atom. The number of hydrogen-bond acceptors (Lipinski definition) is 4. The van der Waals surface area contributed by atoms with Gasteiger partial charge in [0.25, 0.3) is 0 Å². The Morgan fingerprint density at radius 1 is 1.19 bits per heavy atom. The maximum atomic E-state index is 5.70. The summed E-state index contributed by atoms with van der Waals surface area (Å²) in [6.45, 7) is 8.30. The third-order valence-corrected chi connectivity index (χ3v) is 4.98. The van der Waals surface area contributed by atoms with Crippen molar-refractivity contribution in [2.24, 2.45) is 17.8 Å². The molecule has 1 N–H and O–H groups in total. The molecule has 4 nitrogen and oxygen atoms in total. The van der Waals surface area contributed by atoms with Crippen molar-refractivity contribution in [3.63, 3.8) is 0 Å². The minimum atomic E-state index is 0.134. The fourth-order valence-electron chi connectivity index (χ4n) is 4.12. The summed E-state index contributed by atoms with van der Waals surface area (Å²) < 4.78 is 5.70. The summed E-state index contributed by atoms with van der Waals surface area (Å²) >= 11 is 0. The van der Waals surface area contributed by atoms with Crippen LogP contribution in [0.2, 0.25) is 0 Å². The number of hydrogen-bond donors (Lipinski definition) is 1. The summed E-state index contributed by atoms with van der Waals surface area (Å²) in [5, 5.41) is 3.52. The van der Waals surface area contributed by atoms with Crippen molar-refractivity contribution in [1.82, 2.24) is 9.97 Å². The van der Waals surface area contributed by atoms with Gasteiger partial charge in [0.2, 0.25) is 11.8 Å². The van der Waals surface area contributed by atoms with Crippen LogP contribution >= 0.6 is 0 Å². The highest BCUT2D eigenvalue weighted by Gasteiger charge is 2.41. The first-order valence-corrected chi connectivity index (χ1v) is 8.30. The molecule has 4 heteroatoms. The van der Waals surface area contributed by atoms with Crippen LogP contribution in [0.25, 0.3) is 0 Å². The Bertz CT molecular complexity index is 503. The maximum absolute atomic E-state index is 5.70. The molecule has 21 heavy (non-hydrogen) atoms. The molecule has 0 radical (unpaired) electrons. The van der Waals surface area contributed by atoms with E-state index in [0.717, 1.165) is 23.4 Å². The number of nitrogens with zero attached hydrogens (tertiary/aromatic N) is 2. The van der Waals surface area contributed by atoms with Gasteiger partial charge in [-0.3, -0.25) is 0 Å². The third-order valence-electron chi connectivity index (χ3n) is 4.98. The molecule has 2 aliphatic rings. The minimum Gasteiger partial charge on any atom is -0.475 e. The van der Waals surface area contributed by atoms with Crippen LogP contribution in [-0.2, 0) is 0 Å². The first kappa shape index (κ1) is 14.6. The number of aryl methyl sites for hydroxylation is 1. The molecule has 1 aromatic heterocycles. The Balaban J connectivity index is 1.67. The van der Waals surface area contributed by atoms with Gasteiger partial charge in [-0.2, -0.15) is 4.98 Å². The zero-order valence-electron chi connectivity index (χ0n) is 13.6. The molecule has 116 valence electrons. The van der Waals surface area contributed by atoms with Crippen molar-refractivity contribution in [3.05, 3.63) is 11.8 Å². The van der Waals surface area contributed by atoms with Crippen LogP contribution in [-0.4, -0.2) is 22.1 Å². The number of fused-ring (bicyclic) bond motifs is 2. The smallest absolute Gasteiger partial charge is 0.226 e. The Labute approximate surface area is 127 Å². The number of rotatable bonds is 5. The second kappa shape index (κ2) is 5.82. The standard InChI is InChI=1S/C17H27N3O/c1-10(2)21-16-7-11(3)18-17(20-16)19-12(4)15-9-13-5-6-14(15)8-13/h7,10,12-15H,5-6,8-9H2,1-4H3,(H,18,19,20). The number of anilines is 1. The predicted octanol–water partition coefficient (Wildman–Crippen LogP) is 3.81. The average molecular weight is 289 g/mol. The van der Waals surface area contributed by atoms with Crippen molar-refractivity contribution < 1.29 is 4.74 Å². The van der Waals surface area contributed by atoms with E-state index in [4.69, 9.17) is 4.74 Å². The monoisotopic (exact) mass is 289 g/mol. The second-order valence-electron chi connectivity index (χ2n) is 7.11. The lowest BCUT2D eigenvalue weighted by Crippen LogP contribution is -2.30. The molecule has 4 atom stereocenters. The van der Waals surface area contributed by atoms with E-state index in [1.807, 2.05) is 26.8 Å². The molecule has 2 bridgehead atoms. The minimum absolute atomic E-state index is 0.134. The van der Waals surface area contributed by atoms with E-state index in [2.05, 4.69) is 22.2 Å². The second-order valence-corrected chi connectivity index (χ2v) is 7.11. The molecule has 1 aromatic rings. The van der Waals surface area contributed by atoms with Crippen molar-refractivity contribution >= 4 is 5.95 Å². The topological polar surface area (TPSA) is 47.0 Å². The number of nitrogens with one attached hydrogen (secondary N) is 1. The molecular weight excluding hydrogens is 262 g/mol. The Kier molecular flexibility index (Phi) is 4.05. The quantitative estimate of drug-likeness (QED) is 0.895. The van der Waals surface area contributed by atoms with Gasteiger partial charge in [-0.25, -0.2) is 4.98 Å². The van der Waals surface area contributed by atoms with Crippen LogP contribution in [0.15, 0.2) is 6.07 Å². The molecule has 0 aliphatic heterocycles. The molecule has 2 aliphatic carbocycles. The molecule has 1 heterocycles. The molecule has 0 spiro atoms. The largest absolute Gasteiger partial charge is 0.475 e. The van der Waals surface area contributed by atoms with E-state index in [9.17, 15) is 0 Å². The highest BCUT2D eigenvalue weighted by Crippen LogP contribution is 2.49. The molecule has 3 rings (SSSR count). The lowest BCUT2D eigenvalue weighted by Gasteiger charge is -2.28. The lowest BCUT2D eigenvalue weighted by molar-refractivity contribution is 0.232. The third kappa shape index (κ3) is 3.30. The summed E-state index contributed by atoms with van der Waals surface area (Å²) in [6.07, 6.45) is 5.81. The highest BCUT2D eigenvalue weighted by atomic mass is 16.5. The number of ether oxygens (including phenoxy) is 1. The van der Waals surface area contributed by atoms with E-state index >= 15 is 0 Å². The van der Waals surface area contributed by atoms with Gasteiger partial charge in [0.05, 0.1) is 6.10 Å². The average Bonchev–Trinajstić information content (AvgIpc) is 2.99. The normalized spacial score (nSPS) is 28.9. The highest BCUT2D eigenvalue weighted by molar-refractivity contribution is 5.32. The van der Waals surface area contributed by atoms with Crippen LogP contribution < -0.4 is 10.1 Å². The van der Waals surface area contributed by atoms with Crippen molar-refractivity contribution in [2.75, 3.05) is 5.32 Å². The van der Waals surface area contributed by atoms with Crippen molar-refractivity contribution in [3.8, 4) is 5.88 Å². The van der Waals surface area contributed by atoms with Gasteiger partial charge in [-0.1, -0.05) is 6.42 Å².